The highest BCUT2D eigenvalue weighted by atomic mass is 16.5. The van der Waals surface area contributed by atoms with Crippen molar-refractivity contribution in [2.24, 2.45) is 5.73 Å². The van der Waals surface area contributed by atoms with Crippen LogP contribution in [0.15, 0.2) is 42.7 Å². The molecule has 2 N–H and O–H groups in total. The molecule has 0 fully saturated rings. The van der Waals surface area contributed by atoms with Crippen molar-refractivity contribution in [2.75, 3.05) is 0 Å². The normalized spacial score (nSPS) is 16.5. The molecule has 0 amide bonds. The Bertz CT molecular complexity index is 581. The molecule has 0 saturated heterocycles. The van der Waals surface area contributed by atoms with Crippen LogP contribution in [0.25, 0.3) is 0 Å². The summed E-state index contributed by atoms with van der Waals surface area (Å²) in [6.45, 7) is 1.97. The molecule has 20 heavy (non-hydrogen) atoms. The molecule has 0 aliphatic heterocycles. The Morgan fingerprint density at radius 1 is 1.10 bits per heavy atom. The second kappa shape index (κ2) is 5.63. The van der Waals surface area contributed by atoms with Crippen molar-refractivity contribution in [1.82, 2.24) is 4.98 Å². The van der Waals surface area contributed by atoms with Gasteiger partial charge < -0.3 is 10.5 Å². The maximum Gasteiger partial charge on any atom is 0.139 e. The Balaban J connectivity index is 1.84. The van der Waals surface area contributed by atoms with Crippen molar-refractivity contribution < 1.29 is 4.74 Å². The van der Waals surface area contributed by atoms with Crippen LogP contribution in [0.5, 0.6) is 5.75 Å². The van der Waals surface area contributed by atoms with Gasteiger partial charge in [0.05, 0.1) is 0 Å². The van der Waals surface area contributed by atoms with E-state index in [9.17, 15) is 0 Å². The van der Waals surface area contributed by atoms with Gasteiger partial charge in [-0.15, -0.1) is 0 Å². The quantitative estimate of drug-likeness (QED) is 0.927. The van der Waals surface area contributed by atoms with Gasteiger partial charge in [0.15, 0.2) is 0 Å². The van der Waals surface area contributed by atoms with Gasteiger partial charge in [0, 0.05) is 18.4 Å². The zero-order chi connectivity index (χ0) is 13.9. The van der Waals surface area contributed by atoms with Gasteiger partial charge in [-0.05, 0) is 67.1 Å². The molecule has 3 heteroatoms. The molecular weight excluding hydrogens is 248 g/mol. The summed E-state index contributed by atoms with van der Waals surface area (Å²) in [6, 6.07) is 10.2. The van der Waals surface area contributed by atoms with Gasteiger partial charge in [0.2, 0.25) is 0 Å². The SMILES string of the molecule is CC(N)C(Oc1ccc2c(c1)CCC2)c1ccncc1. The number of ether oxygens (including phenoxy) is 1. The highest BCUT2D eigenvalue weighted by Crippen LogP contribution is 2.29. The summed E-state index contributed by atoms with van der Waals surface area (Å²) in [5.74, 6) is 0.907. The Morgan fingerprint density at radius 2 is 1.85 bits per heavy atom. The van der Waals surface area contributed by atoms with Crippen LogP contribution in [0.1, 0.15) is 36.1 Å². The summed E-state index contributed by atoms with van der Waals surface area (Å²) < 4.78 is 6.13. The molecule has 1 aromatic heterocycles. The number of benzene rings is 1. The molecular formula is C17H20N2O. The monoisotopic (exact) mass is 268 g/mol. The molecule has 104 valence electrons. The van der Waals surface area contributed by atoms with Crippen molar-refractivity contribution in [3.63, 3.8) is 0 Å². The van der Waals surface area contributed by atoms with Gasteiger partial charge in [0.1, 0.15) is 11.9 Å². The maximum absolute atomic E-state index is 6.13. The maximum atomic E-state index is 6.13. The standard InChI is InChI=1S/C17H20N2O/c1-12(18)17(14-7-9-19-10-8-14)20-16-6-5-13-3-2-4-15(13)11-16/h5-12,17H,2-4,18H2,1H3. The zero-order valence-corrected chi connectivity index (χ0v) is 11.8. The second-order valence-corrected chi connectivity index (χ2v) is 5.46. The van der Waals surface area contributed by atoms with Crippen LogP contribution >= 0.6 is 0 Å². The molecule has 0 radical (unpaired) electrons. The minimum absolute atomic E-state index is 0.0781. The van der Waals surface area contributed by atoms with Gasteiger partial charge >= 0.3 is 0 Å². The first-order valence-corrected chi connectivity index (χ1v) is 7.18. The van der Waals surface area contributed by atoms with Crippen molar-refractivity contribution in [2.45, 2.75) is 38.3 Å². The minimum atomic E-state index is -0.141. The average Bonchev–Trinajstić information content (AvgIpc) is 2.93. The lowest BCUT2D eigenvalue weighted by atomic mass is 10.1. The zero-order valence-electron chi connectivity index (χ0n) is 11.8. The van der Waals surface area contributed by atoms with Crippen LogP contribution in [0.3, 0.4) is 0 Å². The summed E-state index contributed by atoms with van der Waals surface area (Å²) in [5, 5.41) is 0. The topological polar surface area (TPSA) is 48.1 Å². The first-order valence-electron chi connectivity index (χ1n) is 7.18. The molecule has 1 aliphatic rings. The largest absolute Gasteiger partial charge is 0.484 e. The fraction of sp³-hybridized carbons (Fsp3) is 0.353. The lowest BCUT2D eigenvalue weighted by Gasteiger charge is -2.23. The van der Waals surface area contributed by atoms with Gasteiger partial charge in [-0.2, -0.15) is 0 Å². The Labute approximate surface area is 119 Å². The molecule has 3 nitrogen and oxygen atoms in total. The van der Waals surface area contributed by atoms with Gasteiger partial charge in [-0.25, -0.2) is 0 Å². The second-order valence-electron chi connectivity index (χ2n) is 5.46. The molecule has 1 aliphatic carbocycles. The van der Waals surface area contributed by atoms with E-state index in [-0.39, 0.29) is 12.1 Å². The van der Waals surface area contributed by atoms with Gasteiger partial charge in [-0.3, -0.25) is 4.98 Å². The number of pyridine rings is 1. The summed E-state index contributed by atoms with van der Waals surface area (Å²) in [5.41, 5.74) is 10.0. The molecule has 0 bridgehead atoms. The van der Waals surface area contributed by atoms with E-state index in [2.05, 4.69) is 23.2 Å². The Hall–Kier alpha value is -1.87. The number of hydrogen-bond acceptors (Lipinski definition) is 3. The van der Waals surface area contributed by atoms with Crippen LogP contribution in [0.2, 0.25) is 0 Å². The van der Waals surface area contributed by atoms with Crippen LogP contribution in [-0.2, 0) is 12.8 Å². The van der Waals surface area contributed by atoms with Crippen LogP contribution in [0.4, 0.5) is 0 Å². The lowest BCUT2D eigenvalue weighted by molar-refractivity contribution is 0.180. The van der Waals surface area contributed by atoms with E-state index >= 15 is 0 Å². The summed E-state index contributed by atoms with van der Waals surface area (Å²) >= 11 is 0. The van der Waals surface area contributed by atoms with Crippen LogP contribution in [0, 0.1) is 0 Å². The van der Waals surface area contributed by atoms with E-state index in [4.69, 9.17) is 10.5 Å². The van der Waals surface area contributed by atoms with E-state index in [1.165, 1.54) is 24.0 Å². The fourth-order valence-electron chi connectivity index (χ4n) is 2.80. The molecule has 2 unspecified atom stereocenters. The first kappa shape index (κ1) is 13.1. The smallest absolute Gasteiger partial charge is 0.139 e. The molecule has 2 aromatic rings. The average molecular weight is 268 g/mol. The van der Waals surface area contributed by atoms with E-state index in [1.807, 2.05) is 19.1 Å². The van der Waals surface area contributed by atoms with E-state index in [0.717, 1.165) is 17.7 Å². The molecule has 1 heterocycles. The summed E-state index contributed by atoms with van der Waals surface area (Å²) in [4.78, 5) is 4.05. The minimum Gasteiger partial charge on any atom is -0.484 e. The summed E-state index contributed by atoms with van der Waals surface area (Å²) in [7, 11) is 0. The fourth-order valence-corrected chi connectivity index (χ4v) is 2.80. The third-order valence-electron chi connectivity index (χ3n) is 3.85. The Kier molecular flexibility index (Phi) is 3.70. The van der Waals surface area contributed by atoms with E-state index in [0.29, 0.717) is 0 Å². The molecule has 0 saturated carbocycles. The predicted octanol–water partition coefficient (Wildman–Crippen LogP) is 3.04. The molecule has 1 aromatic carbocycles. The lowest BCUT2D eigenvalue weighted by Crippen LogP contribution is -2.29. The third kappa shape index (κ3) is 2.68. The number of aryl methyl sites for hydroxylation is 2. The van der Waals surface area contributed by atoms with E-state index < -0.39 is 0 Å². The van der Waals surface area contributed by atoms with Crippen LogP contribution < -0.4 is 10.5 Å². The number of nitrogens with zero attached hydrogens (tertiary/aromatic N) is 1. The number of hydrogen-bond donors (Lipinski definition) is 1. The van der Waals surface area contributed by atoms with Gasteiger partial charge in [0.25, 0.3) is 0 Å². The predicted molar refractivity (Wildman–Crippen MR) is 79.7 cm³/mol. The number of fused-ring (bicyclic) bond motifs is 1. The molecule has 3 rings (SSSR count). The molecule has 0 spiro atoms. The van der Waals surface area contributed by atoms with Crippen molar-refractivity contribution >= 4 is 0 Å². The number of nitrogens with two attached hydrogens (primary N) is 1. The number of rotatable bonds is 4. The van der Waals surface area contributed by atoms with Crippen LogP contribution in [-0.4, -0.2) is 11.0 Å². The highest BCUT2D eigenvalue weighted by Gasteiger charge is 2.19. The van der Waals surface area contributed by atoms with Crippen molar-refractivity contribution in [1.29, 1.82) is 0 Å². The highest BCUT2D eigenvalue weighted by molar-refractivity contribution is 5.38. The van der Waals surface area contributed by atoms with Gasteiger partial charge in [-0.1, -0.05) is 6.07 Å². The molecule has 2 atom stereocenters. The summed E-state index contributed by atoms with van der Waals surface area (Å²) in [6.07, 6.45) is 7.01. The first-order chi connectivity index (χ1) is 9.74. The number of aromatic nitrogens is 1. The van der Waals surface area contributed by atoms with Crippen molar-refractivity contribution in [3.05, 3.63) is 59.4 Å². The van der Waals surface area contributed by atoms with Crippen molar-refractivity contribution in [3.8, 4) is 5.75 Å². The third-order valence-corrected chi connectivity index (χ3v) is 3.85. The van der Waals surface area contributed by atoms with E-state index in [1.54, 1.807) is 12.4 Å². The Morgan fingerprint density at radius 3 is 2.60 bits per heavy atom.